The van der Waals surface area contributed by atoms with E-state index in [9.17, 15) is 29.1 Å². The predicted octanol–water partition coefficient (Wildman–Crippen LogP) is 3.23. The van der Waals surface area contributed by atoms with Gasteiger partial charge in [0.15, 0.2) is 6.10 Å². The van der Waals surface area contributed by atoms with Gasteiger partial charge in [0.25, 0.3) is 5.91 Å². The van der Waals surface area contributed by atoms with Crippen molar-refractivity contribution in [3.8, 4) is 0 Å². The number of hydrogen-bond acceptors (Lipinski definition) is 9. The van der Waals surface area contributed by atoms with E-state index >= 15 is 0 Å². The summed E-state index contributed by atoms with van der Waals surface area (Å²) in [7, 11) is 0. The van der Waals surface area contributed by atoms with E-state index in [-0.39, 0.29) is 20.6 Å². The van der Waals surface area contributed by atoms with Crippen molar-refractivity contribution in [1.82, 2.24) is 16.0 Å². The molecule has 12 nitrogen and oxygen atoms in total. The van der Waals surface area contributed by atoms with E-state index in [1.54, 1.807) is 48.5 Å². The summed E-state index contributed by atoms with van der Waals surface area (Å²) in [6.45, 7) is 15.8. The zero-order valence-corrected chi connectivity index (χ0v) is 23.8. The first-order valence-corrected chi connectivity index (χ1v) is 12.5. The number of rotatable bonds is 12. The standard InChI is InChI=1S/C15H28N2O6.C10H19NO3.CH4/c1-6-8-10(17-14(21)23-15(3,4)5)12(19)13(20)16-9-11(18)22-7-2;1-5-6-8(7-12)11-9(13)14-10(2,3)4;/h10,12,19H,6-9H2,1-5H3,(H,16,20)(H,17,21);7-8H,5-6H2,1-4H3,(H,11,13);1H4. The van der Waals surface area contributed by atoms with Gasteiger partial charge in [-0.3, -0.25) is 9.59 Å². The van der Waals surface area contributed by atoms with Crippen LogP contribution in [0.2, 0.25) is 0 Å². The summed E-state index contributed by atoms with van der Waals surface area (Å²) in [5.74, 6) is -1.35. The topological polar surface area (TPSA) is 169 Å². The Kier molecular flexibility index (Phi) is 21.0. The Morgan fingerprint density at radius 1 is 0.842 bits per heavy atom. The van der Waals surface area contributed by atoms with E-state index in [1.165, 1.54) is 0 Å². The molecule has 0 fully saturated rings. The average Bonchev–Trinajstić information content (AvgIpc) is 2.74. The van der Waals surface area contributed by atoms with E-state index in [1.807, 2.05) is 13.8 Å². The maximum Gasteiger partial charge on any atom is 0.408 e. The van der Waals surface area contributed by atoms with Crippen LogP contribution in [0.1, 0.15) is 95.4 Å². The number of hydrogen-bond donors (Lipinski definition) is 4. The van der Waals surface area contributed by atoms with Crippen molar-refractivity contribution in [3.05, 3.63) is 0 Å². The highest BCUT2D eigenvalue weighted by molar-refractivity contribution is 5.85. The van der Waals surface area contributed by atoms with E-state index < -0.39 is 53.5 Å². The van der Waals surface area contributed by atoms with Crippen LogP contribution < -0.4 is 16.0 Å². The fourth-order valence-corrected chi connectivity index (χ4v) is 2.68. The molecule has 0 aromatic rings. The summed E-state index contributed by atoms with van der Waals surface area (Å²) >= 11 is 0. The molecule has 0 saturated carbocycles. The molecule has 3 unspecified atom stereocenters. The Bertz CT molecular complexity index is 716. The van der Waals surface area contributed by atoms with Gasteiger partial charge in [0, 0.05) is 0 Å². The van der Waals surface area contributed by atoms with Crippen LogP contribution in [0.15, 0.2) is 0 Å². The summed E-state index contributed by atoms with van der Waals surface area (Å²) < 4.78 is 14.8. The van der Waals surface area contributed by atoms with Gasteiger partial charge in [0.2, 0.25) is 0 Å². The number of esters is 1. The molecule has 0 aromatic carbocycles. The first-order chi connectivity index (χ1) is 17.0. The van der Waals surface area contributed by atoms with Gasteiger partial charge in [0.1, 0.15) is 24.0 Å². The van der Waals surface area contributed by atoms with Gasteiger partial charge in [0.05, 0.1) is 18.7 Å². The molecule has 0 aromatic heterocycles. The Morgan fingerprint density at radius 2 is 1.32 bits per heavy atom. The Labute approximate surface area is 227 Å². The highest BCUT2D eigenvalue weighted by Crippen LogP contribution is 2.09. The Morgan fingerprint density at radius 3 is 1.71 bits per heavy atom. The van der Waals surface area contributed by atoms with Crippen molar-refractivity contribution >= 4 is 30.3 Å². The first kappa shape index (κ1) is 39.6. The number of aldehydes is 1. The molecule has 3 atom stereocenters. The molecule has 0 bridgehead atoms. The molecule has 0 rings (SSSR count). The number of amides is 3. The van der Waals surface area contributed by atoms with Gasteiger partial charge in [-0.15, -0.1) is 0 Å². The maximum absolute atomic E-state index is 11.9. The highest BCUT2D eigenvalue weighted by atomic mass is 16.6. The minimum Gasteiger partial charge on any atom is -0.465 e. The minimum atomic E-state index is -1.49. The number of alkyl carbamates (subject to hydrolysis) is 2. The predicted molar refractivity (Wildman–Crippen MR) is 145 cm³/mol. The van der Waals surface area contributed by atoms with Crippen molar-refractivity contribution in [2.24, 2.45) is 0 Å². The summed E-state index contributed by atoms with van der Waals surface area (Å²) in [6.07, 6.45) is 0.499. The molecule has 38 heavy (non-hydrogen) atoms. The van der Waals surface area contributed by atoms with Crippen LogP contribution in [-0.4, -0.2) is 78.0 Å². The number of carbonyl (C=O) groups is 5. The molecule has 0 heterocycles. The van der Waals surface area contributed by atoms with Crippen LogP contribution in [0, 0.1) is 0 Å². The average molecular weight is 550 g/mol. The number of carbonyl (C=O) groups excluding carboxylic acids is 5. The molecule has 0 spiro atoms. The first-order valence-electron chi connectivity index (χ1n) is 12.5. The quantitative estimate of drug-likeness (QED) is 0.162. The third-order valence-corrected chi connectivity index (χ3v) is 4.13. The van der Waals surface area contributed by atoms with Crippen LogP contribution in [0.5, 0.6) is 0 Å². The molecule has 0 aliphatic rings. The van der Waals surface area contributed by atoms with Gasteiger partial charge < -0.3 is 40.1 Å². The lowest BCUT2D eigenvalue weighted by molar-refractivity contribution is -0.144. The molecule has 0 radical (unpaired) electrons. The van der Waals surface area contributed by atoms with E-state index in [0.29, 0.717) is 19.3 Å². The molecular formula is C26H51N3O9. The number of ether oxygens (including phenoxy) is 3. The molecule has 0 aliphatic heterocycles. The smallest absolute Gasteiger partial charge is 0.408 e. The number of nitrogens with one attached hydrogen (secondary N) is 3. The van der Waals surface area contributed by atoms with E-state index in [0.717, 1.165) is 12.7 Å². The van der Waals surface area contributed by atoms with Crippen molar-refractivity contribution in [3.63, 3.8) is 0 Å². The molecule has 12 heteroatoms. The number of aliphatic hydroxyl groups is 1. The van der Waals surface area contributed by atoms with Crippen molar-refractivity contribution in [2.75, 3.05) is 13.2 Å². The van der Waals surface area contributed by atoms with Crippen LogP contribution in [0.25, 0.3) is 0 Å². The Hall–Kier alpha value is -2.89. The van der Waals surface area contributed by atoms with Gasteiger partial charge >= 0.3 is 18.2 Å². The van der Waals surface area contributed by atoms with Gasteiger partial charge in [-0.2, -0.15) is 0 Å². The summed E-state index contributed by atoms with van der Waals surface area (Å²) in [5.41, 5.74) is -1.21. The third-order valence-electron chi connectivity index (χ3n) is 4.13. The van der Waals surface area contributed by atoms with Crippen molar-refractivity contribution in [2.45, 2.75) is 125 Å². The summed E-state index contributed by atoms with van der Waals surface area (Å²) in [6, 6.07) is -1.24. The molecule has 4 N–H and O–H groups in total. The van der Waals surface area contributed by atoms with E-state index in [2.05, 4.69) is 20.7 Å². The van der Waals surface area contributed by atoms with Gasteiger partial charge in [-0.1, -0.05) is 34.1 Å². The lowest BCUT2D eigenvalue weighted by Gasteiger charge is -2.26. The monoisotopic (exact) mass is 549 g/mol. The third kappa shape index (κ3) is 22.3. The maximum atomic E-state index is 11.9. The van der Waals surface area contributed by atoms with E-state index in [4.69, 9.17) is 9.47 Å². The fraction of sp³-hybridized carbons (Fsp3) is 0.808. The second-order valence-corrected chi connectivity index (χ2v) is 10.2. The minimum absolute atomic E-state index is 0. The van der Waals surface area contributed by atoms with Crippen molar-refractivity contribution in [1.29, 1.82) is 0 Å². The molecule has 0 saturated heterocycles. The van der Waals surface area contributed by atoms with Crippen molar-refractivity contribution < 1.29 is 43.3 Å². The van der Waals surface area contributed by atoms with Crippen LogP contribution in [0.3, 0.4) is 0 Å². The molecule has 3 amide bonds. The second kappa shape index (κ2) is 20.1. The summed E-state index contributed by atoms with van der Waals surface area (Å²) in [4.78, 5) is 56.6. The highest BCUT2D eigenvalue weighted by Gasteiger charge is 2.29. The molecular weight excluding hydrogens is 498 g/mol. The van der Waals surface area contributed by atoms with Gasteiger partial charge in [-0.05, 0) is 61.3 Å². The normalized spacial score (nSPS) is 13.1. The van der Waals surface area contributed by atoms with Crippen LogP contribution in [0.4, 0.5) is 9.59 Å². The lowest BCUT2D eigenvalue weighted by atomic mass is 10.1. The lowest BCUT2D eigenvalue weighted by Crippen LogP contribution is -2.52. The zero-order valence-electron chi connectivity index (χ0n) is 23.8. The number of aliphatic hydroxyl groups excluding tert-OH is 1. The second-order valence-electron chi connectivity index (χ2n) is 10.2. The Balaban J connectivity index is -0.000000703. The molecule has 0 aliphatic carbocycles. The molecule has 224 valence electrons. The van der Waals surface area contributed by atoms with Gasteiger partial charge in [-0.25, -0.2) is 9.59 Å². The zero-order chi connectivity index (χ0) is 29.2. The van der Waals surface area contributed by atoms with Crippen LogP contribution in [-0.2, 0) is 28.6 Å². The fourth-order valence-electron chi connectivity index (χ4n) is 2.68. The summed E-state index contributed by atoms with van der Waals surface area (Å²) in [5, 5.41) is 17.3. The SMILES string of the molecule is C.CCCC(C=O)NC(=O)OC(C)(C)C.CCCC(NC(=O)OC(C)(C)C)C(O)C(=O)NCC(=O)OCC. The largest absolute Gasteiger partial charge is 0.465 e. The van der Waals surface area contributed by atoms with Crippen LogP contribution >= 0.6 is 0 Å².